The number of phenols is 1. The van der Waals surface area contributed by atoms with Crippen LogP contribution < -0.4 is 5.32 Å². The van der Waals surface area contributed by atoms with E-state index >= 15 is 0 Å². The number of aryl methyl sites for hydroxylation is 3. The standard InChI is InChI=1S/C18H20N4O2/c1-13-8-15(9-14(2)17(13)23)10-16(11-19)18(24)21-4-3-6-22-7-5-20-12-22/h5,7-10,12,23H,3-4,6H2,1-2H3,(H,21,24)/b16-10+. The zero-order chi connectivity index (χ0) is 17.5. The molecular formula is C18H20N4O2. The molecule has 0 spiro atoms. The monoisotopic (exact) mass is 324 g/mol. The molecule has 0 fully saturated rings. The summed E-state index contributed by atoms with van der Waals surface area (Å²) in [6, 6.07) is 5.41. The third kappa shape index (κ3) is 4.46. The summed E-state index contributed by atoms with van der Waals surface area (Å²) in [6.07, 6.45) is 7.56. The Morgan fingerprint density at radius 1 is 1.42 bits per heavy atom. The highest BCUT2D eigenvalue weighted by atomic mass is 16.3. The summed E-state index contributed by atoms with van der Waals surface area (Å²) < 4.78 is 1.93. The van der Waals surface area contributed by atoms with Crippen molar-refractivity contribution in [3.63, 3.8) is 0 Å². The Hall–Kier alpha value is -3.07. The minimum atomic E-state index is -0.397. The van der Waals surface area contributed by atoms with Crippen LogP contribution in [-0.2, 0) is 11.3 Å². The quantitative estimate of drug-likeness (QED) is 0.485. The molecular weight excluding hydrogens is 304 g/mol. The fourth-order valence-electron chi connectivity index (χ4n) is 2.37. The van der Waals surface area contributed by atoms with Crippen molar-refractivity contribution in [1.29, 1.82) is 5.26 Å². The summed E-state index contributed by atoms with van der Waals surface area (Å²) >= 11 is 0. The van der Waals surface area contributed by atoms with Gasteiger partial charge in [-0.3, -0.25) is 4.79 Å². The number of nitrogens with one attached hydrogen (secondary N) is 1. The first kappa shape index (κ1) is 17.3. The lowest BCUT2D eigenvalue weighted by atomic mass is 10.0. The van der Waals surface area contributed by atoms with Crippen molar-refractivity contribution in [2.75, 3.05) is 6.54 Å². The molecule has 0 saturated carbocycles. The zero-order valence-electron chi connectivity index (χ0n) is 13.8. The lowest BCUT2D eigenvalue weighted by Crippen LogP contribution is -2.26. The van der Waals surface area contributed by atoms with Gasteiger partial charge in [0.15, 0.2) is 0 Å². The van der Waals surface area contributed by atoms with Crippen molar-refractivity contribution in [3.05, 3.63) is 53.1 Å². The van der Waals surface area contributed by atoms with E-state index in [-0.39, 0.29) is 11.3 Å². The molecule has 0 aliphatic rings. The van der Waals surface area contributed by atoms with Gasteiger partial charge in [-0.2, -0.15) is 5.26 Å². The maximum Gasteiger partial charge on any atom is 0.261 e. The molecule has 0 bridgehead atoms. The first-order valence-corrected chi connectivity index (χ1v) is 7.67. The van der Waals surface area contributed by atoms with Crippen molar-refractivity contribution in [3.8, 4) is 11.8 Å². The Balaban J connectivity index is 1.97. The summed E-state index contributed by atoms with van der Waals surface area (Å²) in [5.41, 5.74) is 2.17. The summed E-state index contributed by atoms with van der Waals surface area (Å²) in [7, 11) is 0. The number of rotatable bonds is 6. The maximum absolute atomic E-state index is 12.1. The highest BCUT2D eigenvalue weighted by Gasteiger charge is 2.09. The first-order chi connectivity index (χ1) is 11.5. The summed E-state index contributed by atoms with van der Waals surface area (Å²) in [5.74, 6) is -0.166. The molecule has 6 nitrogen and oxygen atoms in total. The van der Waals surface area contributed by atoms with E-state index in [1.54, 1.807) is 38.5 Å². The number of carbonyl (C=O) groups excluding carboxylic acids is 1. The molecule has 0 aliphatic heterocycles. The maximum atomic E-state index is 12.1. The van der Waals surface area contributed by atoms with Gasteiger partial charge in [-0.25, -0.2) is 4.98 Å². The lowest BCUT2D eigenvalue weighted by molar-refractivity contribution is -0.117. The second-order valence-corrected chi connectivity index (χ2v) is 5.58. The number of hydrogen-bond donors (Lipinski definition) is 2. The van der Waals surface area contributed by atoms with E-state index in [1.807, 2.05) is 16.8 Å². The highest BCUT2D eigenvalue weighted by Crippen LogP contribution is 2.24. The van der Waals surface area contributed by atoms with Gasteiger partial charge in [-0.05, 0) is 55.2 Å². The largest absolute Gasteiger partial charge is 0.507 e. The predicted octanol–water partition coefficient (Wildman–Crippen LogP) is 2.32. The van der Waals surface area contributed by atoms with Gasteiger partial charge >= 0.3 is 0 Å². The number of aromatic hydroxyl groups is 1. The van der Waals surface area contributed by atoms with Crippen LogP contribution in [0.4, 0.5) is 0 Å². The van der Waals surface area contributed by atoms with Crippen LogP contribution in [0.1, 0.15) is 23.1 Å². The lowest BCUT2D eigenvalue weighted by Gasteiger charge is -2.07. The topological polar surface area (TPSA) is 90.9 Å². The van der Waals surface area contributed by atoms with Crippen LogP contribution in [-0.4, -0.2) is 27.1 Å². The van der Waals surface area contributed by atoms with Crippen molar-refractivity contribution in [2.24, 2.45) is 0 Å². The Morgan fingerprint density at radius 3 is 2.71 bits per heavy atom. The fourth-order valence-corrected chi connectivity index (χ4v) is 2.37. The van der Waals surface area contributed by atoms with Crippen molar-refractivity contribution in [1.82, 2.24) is 14.9 Å². The molecule has 0 radical (unpaired) electrons. The number of hydrogen-bond acceptors (Lipinski definition) is 4. The number of nitriles is 1. The molecule has 0 aliphatic carbocycles. The highest BCUT2D eigenvalue weighted by molar-refractivity contribution is 6.01. The minimum absolute atomic E-state index is 0.0436. The van der Waals surface area contributed by atoms with Crippen LogP contribution in [0.15, 0.2) is 36.4 Å². The Morgan fingerprint density at radius 2 is 2.12 bits per heavy atom. The molecule has 1 amide bonds. The third-order valence-electron chi connectivity index (χ3n) is 3.63. The second kappa shape index (κ2) is 7.97. The molecule has 6 heteroatoms. The van der Waals surface area contributed by atoms with E-state index < -0.39 is 5.91 Å². The Kier molecular flexibility index (Phi) is 5.74. The molecule has 0 unspecified atom stereocenters. The van der Waals surface area contributed by atoms with Crippen LogP contribution in [0.2, 0.25) is 0 Å². The number of phenolic OH excluding ortho intramolecular Hbond substituents is 1. The average molecular weight is 324 g/mol. The molecule has 2 rings (SSSR count). The summed E-state index contributed by atoms with van der Waals surface area (Å²) in [5, 5.41) is 21.7. The SMILES string of the molecule is Cc1cc(/C=C(\C#N)C(=O)NCCCn2ccnc2)cc(C)c1O. The molecule has 0 atom stereocenters. The molecule has 1 aromatic carbocycles. The van der Waals surface area contributed by atoms with Crippen molar-refractivity contribution < 1.29 is 9.90 Å². The van der Waals surface area contributed by atoms with E-state index in [0.717, 1.165) is 13.0 Å². The van der Waals surface area contributed by atoms with Gasteiger partial charge in [0.1, 0.15) is 17.4 Å². The average Bonchev–Trinajstić information content (AvgIpc) is 3.07. The van der Waals surface area contributed by atoms with Crippen LogP contribution in [0.25, 0.3) is 6.08 Å². The van der Waals surface area contributed by atoms with Crippen LogP contribution in [0, 0.1) is 25.2 Å². The summed E-state index contributed by atoms with van der Waals surface area (Å²) in [6.45, 7) is 4.79. The second-order valence-electron chi connectivity index (χ2n) is 5.58. The Labute approximate surface area is 141 Å². The van der Waals surface area contributed by atoms with Crippen LogP contribution in [0.3, 0.4) is 0 Å². The van der Waals surface area contributed by atoms with Gasteiger partial charge in [0.2, 0.25) is 0 Å². The van der Waals surface area contributed by atoms with Crippen LogP contribution in [0.5, 0.6) is 5.75 Å². The fraction of sp³-hybridized carbons (Fsp3) is 0.278. The number of benzene rings is 1. The molecule has 0 saturated heterocycles. The predicted molar refractivity (Wildman–Crippen MR) is 91.0 cm³/mol. The molecule has 1 heterocycles. The van der Waals surface area contributed by atoms with E-state index in [1.165, 1.54) is 6.08 Å². The first-order valence-electron chi connectivity index (χ1n) is 7.67. The molecule has 1 aromatic heterocycles. The van der Waals surface area contributed by atoms with Gasteiger partial charge in [-0.1, -0.05) is 0 Å². The minimum Gasteiger partial charge on any atom is -0.507 e. The molecule has 124 valence electrons. The van der Waals surface area contributed by atoms with Gasteiger partial charge in [0.05, 0.1) is 6.33 Å². The molecule has 2 aromatic rings. The smallest absolute Gasteiger partial charge is 0.261 e. The van der Waals surface area contributed by atoms with Gasteiger partial charge in [0.25, 0.3) is 5.91 Å². The number of nitrogens with zero attached hydrogens (tertiary/aromatic N) is 3. The number of amides is 1. The number of aromatic nitrogens is 2. The van der Waals surface area contributed by atoms with E-state index in [9.17, 15) is 15.2 Å². The zero-order valence-corrected chi connectivity index (χ0v) is 13.8. The van der Waals surface area contributed by atoms with Gasteiger partial charge in [0, 0.05) is 25.5 Å². The normalized spacial score (nSPS) is 11.1. The summed E-state index contributed by atoms with van der Waals surface area (Å²) in [4.78, 5) is 16.1. The van der Waals surface area contributed by atoms with E-state index in [0.29, 0.717) is 23.2 Å². The van der Waals surface area contributed by atoms with Gasteiger partial charge in [-0.15, -0.1) is 0 Å². The Bertz CT molecular complexity index is 763. The van der Waals surface area contributed by atoms with E-state index in [2.05, 4.69) is 10.3 Å². The van der Waals surface area contributed by atoms with E-state index in [4.69, 9.17) is 0 Å². The third-order valence-corrected chi connectivity index (χ3v) is 3.63. The van der Waals surface area contributed by atoms with Crippen molar-refractivity contribution in [2.45, 2.75) is 26.8 Å². The molecule has 2 N–H and O–H groups in total. The number of carbonyl (C=O) groups is 1. The molecule has 24 heavy (non-hydrogen) atoms. The number of imidazole rings is 1. The van der Waals surface area contributed by atoms with Crippen molar-refractivity contribution >= 4 is 12.0 Å². The van der Waals surface area contributed by atoms with Crippen LogP contribution >= 0.6 is 0 Å². The van der Waals surface area contributed by atoms with Gasteiger partial charge < -0.3 is 15.0 Å².